The first kappa shape index (κ1) is 16.2. The van der Waals surface area contributed by atoms with Crippen molar-refractivity contribution in [2.45, 2.75) is 17.9 Å². The Hall–Kier alpha value is -1.15. The number of sulfonamides is 1. The summed E-state index contributed by atoms with van der Waals surface area (Å²) < 4.78 is 32.8. The average molecular weight is 373 g/mol. The molecule has 0 saturated heterocycles. The molecule has 0 bridgehead atoms. The van der Waals surface area contributed by atoms with Gasteiger partial charge < -0.3 is 9.73 Å². The molecule has 2 N–H and O–H groups in total. The molecule has 0 unspecified atom stereocenters. The third kappa shape index (κ3) is 4.41. The van der Waals surface area contributed by atoms with Crippen LogP contribution in [0.25, 0.3) is 0 Å². The van der Waals surface area contributed by atoms with Gasteiger partial charge in [0.1, 0.15) is 5.76 Å². The van der Waals surface area contributed by atoms with Crippen molar-refractivity contribution in [1.82, 2.24) is 10.0 Å². The van der Waals surface area contributed by atoms with Crippen LogP contribution in [0.2, 0.25) is 0 Å². The van der Waals surface area contributed by atoms with E-state index < -0.39 is 10.0 Å². The molecule has 0 aliphatic carbocycles. The second kappa shape index (κ2) is 7.22. The molecule has 7 heteroatoms. The molecule has 0 spiro atoms. The summed E-state index contributed by atoms with van der Waals surface area (Å²) in [7, 11) is -1.69. The largest absolute Gasteiger partial charge is 0.469 e. The van der Waals surface area contributed by atoms with E-state index >= 15 is 0 Å². The van der Waals surface area contributed by atoms with Gasteiger partial charge in [-0.25, -0.2) is 13.1 Å². The van der Waals surface area contributed by atoms with Crippen LogP contribution in [0.1, 0.15) is 11.3 Å². The molecule has 0 aliphatic heterocycles. The first-order chi connectivity index (χ1) is 10.0. The van der Waals surface area contributed by atoms with Gasteiger partial charge in [-0.15, -0.1) is 0 Å². The van der Waals surface area contributed by atoms with Crippen LogP contribution in [-0.4, -0.2) is 22.0 Å². The lowest BCUT2D eigenvalue weighted by molar-refractivity contribution is 0.506. The van der Waals surface area contributed by atoms with Gasteiger partial charge in [0, 0.05) is 24.0 Å². The molecule has 0 saturated carbocycles. The van der Waals surface area contributed by atoms with Crippen molar-refractivity contribution in [2.24, 2.45) is 0 Å². The monoisotopic (exact) mass is 372 g/mol. The number of benzene rings is 1. The molecule has 0 fully saturated rings. The van der Waals surface area contributed by atoms with Gasteiger partial charge in [0.25, 0.3) is 0 Å². The second-order valence-corrected chi connectivity index (χ2v) is 7.11. The van der Waals surface area contributed by atoms with Crippen LogP contribution < -0.4 is 10.0 Å². The number of hydrogen-bond acceptors (Lipinski definition) is 4. The Bertz CT molecular complexity index is 684. The topological polar surface area (TPSA) is 71.3 Å². The molecule has 1 aromatic heterocycles. The zero-order valence-corrected chi connectivity index (χ0v) is 14.0. The van der Waals surface area contributed by atoms with E-state index in [0.717, 1.165) is 11.3 Å². The maximum Gasteiger partial charge on any atom is 0.241 e. The van der Waals surface area contributed by atoms with Crippen LogP contribution in [0.5, 0.6) is 0 Å². The molecule has 1 aromatic carbocycles. The van der Waals surface area contributed by atoms with E-state index in [1.165, 1.54) is 0 Å². The van der Waals surface area contributed by atoms with E-state index in [2.05, 4.69) is 26.0 Å². The van der Waals surface area contributed by atoms with Gasteiger partial charge in [0.05, 0.1) is 11.2 Å². The van der Waals surface area contributed by atoms with Crippen molar-refractivity contribution >= 4 is 26.0 Å². The summed E-state index contributed by atoms with van der Waals surface area (Å²) in [6, 6.07) is 8.80. The molecule has 0 atom stereocenters. The van der Waals surface area contributed by atoms with Crippen molar-refractivity contribution < 1.29 is 12.8 Å². The highest BCUT2D eigenvalue weighted by molar-refractivity contribution is 9.10. The minimum absolute atomic E-state index is 0.238. The smallest absolute Gasteiger partial charge is 0.241 e. The maximum absolute atomic E-state index is 12.3. The Labute approximate surface area is 132 Å². The number of nitrogens with one attached hydrogen (secondary N) is 2. The van der Waals surface area contributed by atoms with Crippen LogP contribution >= 0.6 is 15.9 Å². The predicted molar refractivity (Wildman–Crippen MR) is 84.5 cm³/mol. The highest BCUT2D eigenvalue weighted by Crippen LogP contribution is 2.23. The minimum Gasteiger partial charge on any atom is -0.469 e. The first-order valence-electron chi connectivity index (χ1n) is 6.48. The van der Waals surface area contributed by atoms with Gasteiger partial charge >= 0.3 is 0 Å². The SMILES string of the molecule is CNCc1ccc(S(=O)(=O)NCCc2ccco2)c(Br)c1. The fourth-order valence-electron chi connectivity index (χ4n) is 1.92. The lowest BCUT2D eigenvalue weighted by Crippen LogP contribution is -2.26. The normalized spacial score (nSPS) is 11.7. The van der Waals surface area contributed by atoms with Crippen molar-refractivity contribution in [3.63, 3.8) is 0 Å². The van der Waals surface area contributed by atoms with Gasteiger partial charge in [-0.2, -0.15) is 0 Å². The van der Waals surface area contributed by atoms with Crippen LogP contribution in [0, 0.1) is 0 Å². The lowest BCUT2D eigenvalue weighted by Gasteiger charge is -2.09. The second-order valence-electron chi connectivity index (χ2n) is 4.52. The van der Waals surface area contributed by atoms with Gasteiger partial charge in [-0.05, 0) is 52.8 Å². The van der Waals surface area contributed by atoms with Crippen LogP contribution in [0.4, 0.5) is 0 Å². The molecule has 114 valence electrons. The van der Waals surface area contributed by atoms with E-state index in [1.54, 1.807) is 30.5 Å². The lowest BCUT2D eigenvalue weighted by atomic mass is 10.2. The molecular formula is C14H17BrN2O3S. The molecule has 0 radical (unpaired) electrons. The number of furan rings is 1. The minimum atomic E-state index is -3.53. The zero-order chi connectivity index (χ0) is 15.3. The highest BCUT2D eigenvalue weighted by Gasteiger charge is 2.17. The van der Waals surface area contributed by atoms with Gasteiger partial charge in [-0.3, -0.25) is 0 Å². The molecule has 2 rings (SSSR count). The summed E-state index contributed by atoms with van der Waals surface area (Å²) in [5.74, 6) is 0.751. The summed E-state index contributed by atoms with van der Waals surface area (Å²) in [5, 5.41) is 3.02. The first-order valence-corrected chi connectivity index (χ1v) is 8.75. The fourth-order valence-corrected chi connectivity index (χ4v) is 4.07. The van der Waals surface area contributed by atoms with E-state index in [-0.39, 0.29) is 4.90 Å². The molecular weight excluding hydrogens is 356 g/mol. The van der Waals surface area contributed by atoms with Crippen molar-refractivity contribution in [2.75, 3.05) is 13.6 Å². The van der Waals surface area contributed by atoms with Crippen LogP contribution in [0.15, 0.2) is 50.4 Å². The molecule has 5 nitrogen and oxygen atoms in total. The molecule has 21 heavy (non-hydrogen) atoms. The van der Waals surface area contributed by atoms with E-state index in [1.807, 2.05) is 13.1 Å². The zero-order valence-electron chi connectivity index (χ0n) is 11.6. The van der Waals surface area contributed by atoms with Gasteiger partial charge in [-0.1, -0.05) is 6.07 Å². The highest BCUT2D eigenvalue weighted by atomic mass is 79.9. The van der Waals surface area contributed by atoms with Crippen LogP contribution in [0.3, 0.4) is 0 Å². The summed E-state index contributed by atoms with van der Waals surface area (Å²) in [6.07, 6.45) is 2.09. The van der Waals surface area contributed by atoms with Gasteiger partial charge in [0.2, 0.25) is 10.0 Å². The van der Waals surface area contributed by atoms with Gasteiger partial charge in [0.15, 0.2) is 0 Å². The fraction of sp³-hybridized carbons (Fsp3) is 0.286. The average Bonchev–Trinajstić information content (AvgIpc) is 2.92. The molecule has 2 aromatic rings. The van der Waals surface area contributed by atoms with Crippen molar-refractivity contribution in [3.05, 3.63) is 52.4 Å². The summed E-state index contributed by atoms with van der Waals surface area (Å²) >= 11 is 3.32. The van der Waals surface area contributed by atoms with E-state index in [9.17, 15) is 8.42 Å². The molecule has 0 aliphatic rings. The standard InChI is InChI=1S/C14H17BrN2O3S/c1-16-10-11-4-5-14(13(15)9-11)21(18,19)17-7-6-12-3-2-8-20-12/h2-5,8-9,16-17H,6-7,10H2,1H3. The number of hydrogen-bond donors (Lipinski definition) is 2. The van der Waals surface area contributed by atoms with Crippen molar-refractivity contribution in [1.29, 1.82) is 0 Å². The molecule has 1 heterocycles. The third-order valence-corrected chi connectivity index (χ3v) is 5.35. The Balaban J connectivity index is 2.04. The predicted octanol–water partition coefficient (Wildman–Crippen LogP) is 2.28. The van der Waals surface area contributed by atoms with E-state index in [4.69, 9.17) is 4.42 Å². The summed E-state index contributed by atoms with van der Waals surface area (Å²) in [4.78, 5) is 0.238. The Morgan fingerprint density at radius 1 is 1.29 bits per heavy atom. The Morgan fingerprint density at radius 2 is 2.10 bits per heavy atom. The third-order valence-electron chi connectivity index (χ3n) is 2.91. The number of rotatable bonds is 7. The van der Waals surface area contributed by atoms with Crippen LogP contribution in [-0.2, 0) is 23.0 Å². The summed E-state index contributed by atoms with van der Waals surface area (Å²) in [6.45, 7) is 0.978. The van der Waals surface area contributed by atoms with E-state index in [0.29, 0.717) is 24.0 Å². The number of halogens is 1. The Kier molecular flexibility index (Phi) is 5.58. The quantitative estimate of drug-likeness (QED) is 0.781. The molecule has 0 amide bonds. The summed E-state index contributed by atoms with van der Waals surface area (Å²) in [5.41, 5.74) is 1.01. The Morgan fingerprint density at radius 3 is 2.71 bits per heavy atom. The van der Waals surface area contributed by atoms with Crippen molar-refractivity contribution in [3.8, 4) is 0 Å². The maximum atomic E-state index is 12.3.